The molecule has 0 aliphatic carbocycles. The standard InChI is InChI=1S/C17H20OSi/c1-19(2,3)13-15-11-7-8-12-16(15)17(18)14-9-5-4-6-10-14/h4-12H,13H2,1-3H3. The lowest BCUT2D eigenvalue weighted by atomic mass is 9.99. The number of benzene rings is 2. The molecule has 0 spiro atoms. The zero-order valence-corrected chi connectivity index (χ0v) is 12.8. The van der Waals surface area contributed by atoms with E-state index in [1.54, 1.807) is 0 Å². The Balaban J connectivity index is 2.38. The molecule has 0 aliphatic rings. The van der Waals surface area contributed by atoms with Crippen LogP contribution in [0.25, 0.3) is 0 Å². The van der Waals surface area contributed by atoms with Gasteiger partial charge in [-0.15, -0.1) is 0 Å². The molecule has 0 heterocycles. The first kappa shape index (κ1) is 13.8. The van der Waals surface area contributed by atoms with Gasteiger partial charge in [-0.1, -0.05) is 74.2 Å². The summed E-state index contributed by atoms with van der Waals surface area (Å²) in [7, 11) is -1.23. The van der Waals surface area contributed by atoms with E-state index in [0.717, 1.165) is 17.2 Å². The SMILES string of the molecule is C[Si](C)(C)Cc1ccccc1C(=O)c1ccccc1. The fraction of sp³-hybridized carbons (Fsp3) is 0.235. The van der Waals surface area contributed by atoms with Crippen LogP contribution in [0.1, 0.15) is 21.5 Å². The Kier molecular flexibility index (Phi) is 4.01. The number of hydrogen-bond acceptors (Lipinski definition) is 1. The van der Waals surface area contributed by atoms with Crippen molar-refractivity contribution in [2.24, 2.45) is 0 Å². The van der Waals surface area contributed by atoms with Crippen LogP contribution < -0.4 is 0 Å². The number of rotatable bonds is 4. The van der Waals surface area contributed by atoms with Gasteiger partial charge in [0.2, 0.25) is 0 Å². The van der Waals surface area contributed by atoms with Crippen molar-refractivity contribution in [1.82, 2.24) is 0 Å². The van der Waals surface area contributed by atoms with Crippen molar-refractivity contribution >= 4 is 13.9 Å². The average molecular weight is 268 g/mol. The fourth-order valence-electron chi connectivity index (χ4n) is 2.21. The van der Waals surface area contributed by atoms with E-state index in [-0.39, 0.29) is 5.78 Å². The zero-order chi connectivity index (χ0) is 13.9. The highest BCUT2D eigenvalue weighted by molar-refractivity contribution is 6.75. The summed E-state index contributed by atoms with van der Waals surface area (Å²) in [5.41, 5.74) is 2.82. The van der Waals surface area contributed by atoms with Gasteiger partial charge in [0.05, 0.1) is 0 Å². The molecule has 0 radical (unpaired) electrons. The number of carbonyl (C=O) groups excluding carboxylic acids is 1. The molecule has 98 valence electrons. The lowest BCUT2D eigenvalue weighted by Crippen LogP contribution is -2.25. The first-order valence-corrected chi connectivity index (χ1v) is 10.4. The number of carbonyl (C=O) groups is 1. The maximum Gasteiger partial charge on any atom is 0.193 e. The van der Waals surface area contributed by atoms with E-state index in [9.17, 15) is 4.79 Å². The Morgan fingerprint density at radius 2 is 1.47 bits per heavy atom. The van der Waals surface area contributed by atoms with Crippen LogP contribution in [0, 0.1) is 0 Å². The van der Waals surface area contributed by atoms with Crippen molar-refractivity contribution in [3.63, 3.8) is 0 Å². The van der Waals surface area contributed by atoms with Gasteiger partial charge in [0.25, 0.3) is 0 Å². The summed E-state index contributed by atoms with van der Waals surface area (Å²) in [6.07, 6.45) is 0. The summed E-state index contributed by atoms with van der Waals surface area (Å²) in [6, 6.07) is 18.6. The van der Waals surface area contributed by atoms with Gasteiger partial charge in [-0.2, -0.15) is 0 Å². The minimum Gasteiger partial charge on any atom is -0.289 e. The smallest absolute Gasteiger partial charge is 0.193 e. The van der Waals surface area contributed by atoms with Gasteiger partial charge in [-0.05, 0) is 11.6 Å². The van der Waals surface area contributed by atoms with Gasteiger partial charge in [-0.25, -0.2) is 0 Å². The summed E-state index contributed by atoms with van der Waals surface area (Å²) in [5.74, 6) is 0.134. The van der Waals surface area contributed by atoms with Gasteiger partial charge in [0, 0.05) is 19.2 Å². The molecule has 2 rings (SSSR count). The molecule has 0 unspecified atom stereocenters. The second kappa shape index (κ2) is 5.53. The van der Waals surface area contributed by atoms with Crippen LogP contribution in [0.5, 0.6) is 0 Å². The normalized spacial score (nSPS) is 11.3. The highest BCUT2D eigenvalue weighted by Gasteiger charge is 2.19. The molecule has 0 N–H and O–H groups in total. The van der Waals surface area contributed by atoms with Crippen LogP contribution in [0.15, 0.2) is 54.6 Å². The Labute approximate surface area is 116 Å². The predicted molar refractivity (Wildman–Crippen MR) is 83.4 cm³/mol. The molecule has 19 heavy (non-hydrogen) atoms. The van der Waals surface area contributed by atoms with Gasteiger partial charge in [0.1, 0.15) is 0 Å². The van der Waals surface area contributed by atoms with Gasteiger partial charge in [0.15, 0.2) is 5.78 Å². The molecule has 0 amide bonds. The Morgan fingerprint density at radius 3 is 2.11 bits per heavy atom. The van der Waals surface area contributed by atoms with Crippen LogP contribution in [-0.2, 0) is 6.04 Å². The molecule has 0 saturated heterocycles. The van der Waals surface area contributed by atoms with Gasteiger partial charge < -0.3 is 0 Å². The molecular weight excluding hydrogens is 248 g/mol. The van der Waals surface area contributed by atoms with Crippen LogP contribution in [0.2, 0.25) is 19.6 Å². The first-order valence-electron chi connectivity index (χ1n) is 6.65. The average Bonchev–Trinajstić information content (AvgIpc) is 2.38. The molecule has 0 bridgehead atoms. The van der Waals surface area contributed by atoms with Crippen molar-refractivity contribution < 1.29 is 4.79 Å². The quantitative estimate of drug-likeness (QED) is 0.595. The van der Waals surface area contributed by atoms with E-state index in [2.05, 4.69) is 25.7 Å². The largest absolute Gasteiger partial charge is 0.289 e. The summed E-state index contributed by atoms with van der Waals surface area (Å²) < 4.78 is 0. The third kappa shape index (κ3) is 3.64. The monoisotopic (exact) mass is 268 g/mol. The highest BCUT2D eigenvalue weighted by atomic mass is 28.3. The minimum absolute atomic E-state index is 0.134. The minimum atomic E-state index is -1.23. The maximum atomic E-state index is 12.6. The number of ketones is 1. The van der Waals surface area contributed by atoms with E-state index < -0.39 is 8.07 Å². The third-order valence-electron chi connectivity index (χ3n) is 3.02. The topological polar surface area (TPSA) is 17.1 Å². The predicted octanol–water partition coefficient (Wildman–Crippen LogP) is 4.34. The van der Waals surface area contributed by atoms with E-state index in [0.29, 0.717) is 0 Å². The van der Waals surface area contributed by atoms with Gasteiger partial charge >= 0.3 is 0 Å². The second-order valence-electron chi connectivity index (χ2n) is 6.09. The Morgan fingerprint density at radius 1 is 0.895 bits per heavy atom. The van der Waals surface area contributed by atoms with E-state index in [1.807, 2.05) is 48.5 Å². The van der Waals surface area contributed by atoms with Crippen LogP contribution >= 0.6 is 0 Å². The van der Waals surface area contributed by atoms with Crippen molar-refractivity contribution in [3.8, 4) is 0 Å². The molecule has 2 aromatic rings. The zero-order valence-electron chi connectivity index (χ0n) is 11.8. The third-order valence-corrected chi connectivity index (χ3v) is 4.46. The van der Waals surface area contributed by atoms with Crippen molar-refractivity contribution in [1.29, 1.82) is 0 Å². The van der Waals surface area contributed by atoms with Crippen LogP contribution in [-0.4, -0.2) is 13.9 Å². The number of hydrogen-bond donors (Lipinski definition) is 0. The van der Waals surface area contributed by atoms with Crippen molar-refractivity contribution in [3.05, 3.63) is 71.3 Å². The van der Waals surface area contributed by atoms with Crippen molar-refractivity contribution in [2.75, 3.05) is 0 Å². The van der Waals surface area contributed by atoms with Crippen LogP contribution in [0.4, 0.5) is 0 Å². The molecule has 0 aromatic heterocycles. The molecule has 1 nitrogen and oxygen atoms in total. The Bertz CT molecular complexity index is 567. The molecule has 0 fully saturated rings. The van der Waals surface area contributed by atoms with E-state index in [4.69, 9.17) is 0 Å². The molecule has 2 heteroatoms. The molecule has 0 saturated carbocycles. The Hall–Kier alpha value is -1.67. The molecular formula is C17H20OSi. The summed E-state index contributed by atoms with van der Waals surface area (Å²) >= 11 is 0. The van der Waals surface area contributed by atoms with E-state index >= 15 is 0 Å². The molecule has 0 atom stereocenters. The summed E-state index contributed by atoms with van der Waals surface area (Å²) in [4.78, 5) is 12.6. The van der Waals surface area contributed by atoms with E-state index in [1.165, 1.54) is 5.56 Å². The molecule has 2 aromatic carbocycles. The first-order chi connectivity index (χ1) is 8.97. The maximum absolute atomic E-state index is 12.6. The lowest BCUT2D eigenvalue weighted by molar-refractivity contribution is 0.103. The highest BCUT2D eigenvalue weighted by Crippen LogP contribution is 2.19. The van der Waals surface area contributed by atoms with Gasteiger partial charge in [-0.3, -0.25) is 4.79 Å². The second-order valence-corrected chi connectivity index (χ2v) is 11.6. The fourth-order valence-corrected chi connectivity index (χ4v) is 3.66. The van der Waals surface area contributed by atoms with Crippen molar-refractivity contribution in [2.45, 2.75) is 25.7 Å². The lowest BCUT2D eigenvalue weighted by Gasteiger charge is -2.18. The molecule has 0 aliphatic heterocycles. The summed E-state index contributed by atoms with van der Waals surface area (Å²) in [5, 5.41) is 0. The summed E-state index contributed by atoms with van der Waals surface area (Å²) in [6.45, 7) is 6.99. The van der Waals surface area contributed by atoms with Crippen LogP contribution in [0.3, 0.4) is 0 Å².